The Morgan fingerprint density at radius 3 is 0.688 bits per heavy atom. The summed E-state index contributed by atoms with van der Waals surface area (Å²) in [5.74, 6) is 0. The average Bonchev–Trinajstić information content (AvgIpc) is 3.10. The Hall–Kier alpha value is 0.419. The van der Waals surface area contributed by atoms with Crippen molar-refractivity contribution in [1.82, 2.24) is 0 Å². The van der Waals surface area contributed by atoms with Crippen LogP contribution in [0.4, 0.5) is 0 Å². The molecule has 48 heavy (non-hydrogen) atoms. The maximum absolute atomic E-state index is 4.72. The molecule has 0 aromatic heterocycles. The third-order valence-corrected chi connectivity index (χ3v) is 9.55. The third-order valence-electron chi connectivity index (χ3n) is 8.30. The summed E-state index contributed by atoms with van der Waals surface area (Å²) in [6, 6.07) is 0. The summed E-state index contributed by atoms with van der Waals surface area (Å²) < 4.78 is 2.22. The van der Waals surface area contributed by atoms with Crippen LogP contribution in [0, 0.1) is 0 Å². The summed E-state index contributed by atoms with van der Waals surface area (Å²) >= 11 is 15.7. The molecule has 0 aliphatic carbocycles. The fourth-order valence-corrected chi connectivity index (χ4v) is 6.05. The fourth-order valence-electron chi connectivity index (χ4n) is 5.16. The van der Waals surface area contributed by atoms with Crippen molar-refractivity contribution in [3.05, 3.63) is 44.6 Å². The second kappa shape index (κ2) is 62.5. The second-order valence-corrected chi connectivity index (χ2v) is 14.9. The number of unbranched alkanes of at least 4 members (excludes halogenated alkanes) is 28. The zero-order valence-electron chi connectivity index (χ0n) is 33.0. The van der Waals surface area contributed by atoms with Crippen LogP contribution in [-0.2, 0) is 37.9 Å². The number of hydrogen-bond acceptors (Lipinski definition) is 3. The molecule has 0 aliphatic heterocycles. The van der Waals surface area contributed by atoms with E-state index in [0.29, 0.717) is 0 Å². The van der Waals surface area contributed by atoms with Gasteiger partial charge in [0.05, 0.1) is 0 Å². The van der Waals surface area contributed by atoms with Crippen molar-refractivity contribution in [2.45, 2.75) is 233 Å². The summed E-state index contributed by atoms with van der Waals surface area (Å²) in [7, 11) is 0. The number of allylic oxidation sites excluding steroid dienone is 4. The fraction of sp³-hybridized carbons (Fsp3) is 0.818. The molecule has 0 aliphatic rings. The van der Waals surface area contributed by atoms with Crippen LogP contribution in [0.15, 0.2) is 44.6 Å². The number of hydrogen-bond donors (Lipinski definition) is 0. The Labute approximate surface area is 335 Å². The van der Waals surface area contributed by atoms with Crippen molar-refractivity contribution in [3.8, 4) is 0 Å². The van der Waals surface area contributed by atoms with Gasteiger partial charge in [0.25, 0.3) is 0 Å². The molecule has 0 atom stereocenters. The molecule has 0 bridgehead atoms. The van der Waals surface area contributed by atoms with Crippen molar-refractivity contribution in [2.75, 3.05) is 0 Å². The monoisotopic (exact) mass is 828 g/mol. The number of rotatable bonds is 32. The van der Waals surface area contributed by atoms with E-state index >= 15 is 0 Å². The molecule has 0 aromatic carbocycles. The molecule has 4 heteroatoms. The van der Waals surface area contributed by atoms with Crippen molar-refractivity contribution < 1.29 is 0 Å². The second-order valence-electron chi connectivity index (χ2n) is 13.2. The first-order chi connectivity index (χ1) is 23.7. The summed E-state index contributed by atoms with van der Waals surface area (Å²) in [6.07, 6.45) is 52.5. The minimum atomic E-state index is 1.18. The van der Waals surface area contributed by atoms with Crippen LogP contribution in [0.25, 0.3) is 0 Å². The maximum atomic E-state index is 4.72. The van der Waals surface area contributed by atoms with E-state index < -0.39 is 0 Å². The molecular weight excluding hydrogens is 743 g/mol. The quantitative estimate of drug-likeness (QED) is 0.0377. The third kappa shape index (κ3) is 72.2. The Balaban J connectivity index is -0.000000271. The zero-order valence-corrected chi connectivity index (χ0v) is 38.3. The molecular formula is C44H84S3Sn. The molecule has 0 fully saturated rings. The van der Waals surface area contributed by atoms with E-state index in [9.17, 15) is 0 Å². The molecule has 0 aromatic rings. The normalized spacial score (nSPS) is 11.1. The molecule has 0 nitrogen and oxygen atoms in total. The van der Waals surface area contributed by atoms with Gasteiger partial charge in [0.2, 0.25) is 0 Å². The minimum absolute atomic E-state index is 1.18. The van der Waals surface area contributed by atoms with Gasteiger partial charge in [-0.15, -0.1) is 18.2 Å². The predicted molar refractivity (Wildman–Crippen MR) is 235 cm³/mol. The maximum Gasteiger partial charge on any atom is -0.0368 e. The van der Waals surface area contributed by atoms with Crippen molar-refractivity contribution >= 4 is 60.4 Å². The van der Waals surface area contributed by atoms with Gasteiger partial charge in [-0.1, -0.05) is 156 Å². The largest absolute Gasteiger partial charge is 0.788 e. The molecule has 0 spiro atoms. The van der Waals surface area contributed by atoms with Gasteiger partial charge < -0.3 is 37.9 Å². The van der Waals surface area contributed by atoms with Gasteiger partial charge in [-0.05, 0) is 38.5 Å². The van der Waals surface area contributed by atoms with E-state index in [4.69, 9.17) is 37.9 Å². The van der Waals surface area contributed by atoms with Crippen LogP contribution < -0.4 is 0 Å². The van der Waals surface area contributed by atoms with Gasteiger partial charge in [-0.3, -0.25) is 0 Å². The average molecular weight is 828 g/mol. The summed E-state index contributed by atoms with van der Waals surface area (Å²) in [5.41, 5.74) is 0. The van der Waals surface area contributed by atoms with Gasteiger partial charge in [-0.25, -0.2) is 16.2 Å². The Bertz CT molecular complexity index is 533. The van der Waals surface area contributed by atoms with Crippen molar-refractivity contribution in [2.24, 2.45) is 0 Å². The Morgan fingerprint density at radius 2 is 0.479 bits per heavy atom. The topological polar surface area (TPSA) is 0 Å². The van der Waals surface area contributed by atoms with Gasteiger partial charge in [0.15, 0.2) is 0 Å². The molecule has 0 N–H and O–H groups in total. The Kier molecular flexibility index (Phi) is 71.9. The van der Waals surface area contributed by atoms with E-state index in [1.54, 1.807) is 16.2 Å². The SMILES string of the molecule is CCCCCCC=[CH][Sn+3].CCCCCCCCCCC=C[S-].CCCCCCCCCCC=C[S-].CCCCCCCCCCC=C[S-]. The van der Waals surface area contributed by atoms with E-state index in [2.05, 4.69) is 56.1 Å². The van der Waals surface area contributed by atoms with Gasteiger partial charge in [-0.2, -0.15) is 0 Å². The van der Waals surface area contributed by atoms with E-state index in [1.165, 1.54) is 228 Å². The van der Waals surface area contributed by atoms with Gasteiger partial charge >= 0.3 is 71.7 Å². The zero-order chi connectivity index (χ0) is 36.3. The van der Waals surface area contributed by atoms with Crippen molar-refractivity contribution in [1.29, 1.82) is 0 Å². The first-order valence-electron chi connectivity index (χ1n) is 20.8. The van der Waals surface area contributed by atoms with Crippen LogP contribution in [0.5, 0.6) is 0 Å². The molecule has 0 radical (unpaired) electrons. The van der Waals surface area contributed by atoms with Crippen LogP contribution in [0.3, 0.4) is 0 Å². The van der Waals surface area contributed by atoms with Gasteiger partial charge in [0, 0.05) is 0 Å². The molecule has 282 valence electrons. The van der Waals surface area contributed by atoms with Crippen LogP contribution in [0.1, 0.15) is 233 Å². The summed E-state index contributed by atoms with van der Waals surface area (Å²) in [5, 5.41) is 5.21. The predicted octanol–water partition coefficient (Wildman–Crippen LogP) is 16.4. The van der Waals surface area contributed by atoms with Crippen LogP contribution in [0.2, 0.25) is 0 Å². The summed E-state index contributed by atoms with van der Waals surface area (Å²) in [4.78, 5) is 0. The van der Waals surface area contributed by atoms with E-state index in [0.717, 1.165) is 0 Å². The van der Waals surface area contributed by atoms with Crippen LogP contribution >= 0.6 is 0 Å². The van der Waals surface area contributed by atoms with Crippen LogP contribution in [-0.4, -0.2) is 22.5 Å². The molecule has 0 saturated carbocycles. The van der Waals surface area contributed by atoms with E-state index in [1.807, 2.05) is 0 Å². The minimum Gasteiger partial charge on any atom is -0.788 e. The first kappa shape index (κ1) is 55.2. The molecule has 0 unspecified atom stereocenters. The molecule has 0 heterocycles. The summed E-state index contributed by atoms with van der Waals surface area (Å²) in [6.45, 7) is 9.05. The van der Waals surface area contributed by atoms with Crippen molar-refractivity contribution in [3.63, 3.8) is 0 Å². The standard InChI is InChI=1S/3C12H24S.C8H15.Sn/c3*1-2-3-4-5-6-7-8-9-10-11-12-13;1-3-5-7-8-6-4-2;/h3*11-13H,2-10H2,1H3;1,3H,4-8H2,2H3;/q;;;;+3/p-3. The molecule has 0 saturated heterocycles. The van der Waals surface area contributed by atoms with E-state index in [-0.39, 0.29) is 0 Å². The first-order valence-corrected chi connectivity index (χ1v) is 23.9. The smallest absolute Gasteiger partial charge is 0.0368 e. The molecule has 0 amide bonds. The molecule has 0 rings (SSSR count). The van der Waals surface area contributed by atoms with Gasteiger partial charge in [0.1, 0.15) is 0 Å². The Morgan fingerprint density at radius 1 is 0.292 bits per heavy atom.